The minimum atomic E-state index is -3.68. The van der Waals surface area contributed by atoms with Crippen molar-refractivity contribution in [1.29, 1.82) is 0 Å². The molecule has 5 N–H and O–H groups in total. The third kappa shape index (κ3) is 17.1. The molecule has 282 valence electrons. The van der Waals surface area contributed by atoms with E-state index in [9.17, 15) is 9.67 Å². The van der Waals surface area contributed by atoms with Gasteiger partial charge in [0.1, 0.15) is 11.9 Å². The molecule has 13 heteroatoms. The first-order valence-corrected chi connectivity index (χ1v) is 20.6. The number of aliphatic hydroxyl groups excluding tert-OH is 1. The molecule has 12 nitrogen and oxygen atoms in total. The number of unbranched alkanes of at least 4 members (excludes halogenated alkanes) is 15. The van der Waals surface area contributed by atoms with Crippen LogP contribution in [0.25, 0.3) is 11.2 Å². The molecule has 0 aliphatic rings. The maximum atomic E-state index is 13.8. The lowest BCUT2D eigenvalue weighted by Crippen LogP contribution is -2.23. The van der Waals surface area contributed by atoms with E-state index in [1.165, 1.54) is 89.9 Å². The minimum Gasteiger partial charge on any atom is -0.396 e. The molecule has 0 bridgehead atoms. The second-order valence-corrected chi connectivity index (χ2v) is 15.1. The van der Waals surface area contributed by atoms with Crippen molar-refractivity contribution in [2.75, 3.05) is 44.2 Å². The molecule has 0 fully saturated rings. The van der Waals surface area contributed by atoms with E-state index in [2.05, 4.69) is 21.9 Å². The van der Waals surface area contributed by atoms with Crippen molar-refractivity contribution in [3.8, 4) is 0 Å². The Bertz CT molecular complexity index is 1350. The van der Waals surface area contributed by atoms with Crippen LogP contribution in [-0.4, -0.2) is 63.5 Å². The van der Waals surface area contributed by atoms with Crippen LogP contribution in [0.1, 0.15) is 122 Å². The summed E-state index contributed by atoms with van der Waals surface area (Å²) in [5, 5.41) is 9.71. The number of anilines is 2. The smallest absolute Gasteiger partial charge is 0.356 e. The number of aliphatic hydroxyl groups is 1. The van der Waals surface area contributed by atoms with Gasteiger partial charge in [-0.3, -0.25) is 4.57 Å². The van der Waals surface area contributed by atoms with Crippen LogP contribution in [0.15, 0.2) is 36.7 Å². The topological polar surface area (TPSA) is 170 Å². The number of imidazole rings is 1. The van der Waals surface area contributed by atoms with Gasteiger partial charge in [-0.25, -0.2) is 4.98 Å². The number of rotatable bonds is 31. The van der Waals surface area contributed by atoms with E-state index in [0.717, 1.165) is 18.4 Å². The summed E-state index contributed by atoms with van der Waals surface area (Å²) in [6, 6.07) is 9.48. The monoisotopic (exact) mass is 718 g/mol. The highest BCUT2D eigenvalue weighted by atomic mass is 31.2. The molecule has 2 unspecified atom stereocenters. The number of nitrogens with zero attached hydrogens (tertiary/aromatic N) is 4. The first-order chi connectivity index (χ1) is 24.4. The maximum Gasteiger partial charge on any atom is 0.356 e. The fraction of sp³-hybridized carbons (Fsp3) is 0.703. The summed E-state index contributed by atoms with van der Waals surface area (Å²) in [6.07, 6.45) is 22.3. The van der Waals surface area contributed by atoms with E-state index in [0.29, 0.717) is 24.4 Å². The Hall–Kier alpha value is -2.60. The zero-order chi connectivity index (χ0) is 35.7. The SMILES string of the molecule is CCCCCCCCCCCCCCCCCCOCCOP(=O)(COC(CCO)Cn1cnc2c(N)nc(N)nc21)OCc1ccccc1. The first kappa shape index (κ1) is 41.8. The fourth-order valence-electron chi connectivity index (χ4n) is 5.85. The van der Waals surface area contributed by atoms with E-state index in [1.807, 2.05) is 30.3 Å². The van der Waals surface area contributed by atoms with E-state index < -0.39 is 13.7 Å². The molecule has 50 heavy (non-hydrogen) atoms. The molecule has 0 spiro atoms. The number of fused-ring (bicyclic) bond motifs is 1. The summed E-state index contributed by atoms with van der Waals surface area (Å²) < 4.78 is 39.0. The molecule has 0 saturated carbocycles. The summed E-state index contributed by atoms with van der Waals surface area (Å²) in [6.45, 7) is 3.56. The van der Waals surface area contributed by atoms with Gasteiger partial charge in [0, 0.05) is 13.2 Å². The van der Waals surface area contributed by atoms with Crippen molar-refractivity contribution in [3.63, 3.8) is 0 Å². The second-order valence-electron chi connectivity index (χ2n) is 13.1. The lowest BCUT2D eigenvalue weighted by Gasteiger charge is -2.23. The van der Waals surface area contributed by atoms with Crippen molar-refractivity contribution < 1.29 is 28.2 Å². The van der Waals surface area contributed by atoms with Gasteiger partial charge in [-0.15, -0.1) is 0 Å². The number of hydrogen-bond donors (Lipinski definition) is 3. The van der Waals surface area contributed by atoms with Crippen LogP contribution in [-0.2, 0) is 36.2 Å². The van der Waals surface area contributed by atoms with Crippen LogP contribution >= 0.6 is 7.60 Å². The summed E-state index contributed by atoms with van der Waals surface area (Å²) in [4.78, 5) is 12.5. The van der Waals surface area contributed by atoms with Crippen molar-refractivity contribution >= 4 is 30.5 Å². The average molecular weight is 719 g/mol. The Morgan fingerprint density at radius 2 is 1.42 bits per heavy atom. The normalized spacial score (nSPS) is 13.6. The van der Waals surface area contributed by atoms with Crippen molar-refractivity contribution in [3.05, 3.63) is 42.2 Å². The van der Waals surface area contributed by atoms with Gasteiger partial charge in [0.05, 0.1) is 38.8 Å². The van der Waals surface area contributed by atoms with E-state index in [1.54, 1.807) is 10.9 Å². The van der Waals surface area contributed by atoms with E-state index >= 15 is 0 Å². The first-order valence-electron chi connectivity index (χ1n) is 18.9. The summed E-state index contributed by atoms with van der Waals surface area (Å²) in [7, 11) is -3.68. The van der Waals surface area contributed by atoms with Crippen molar-refractivity contribution in [2.45, 2.75) is 135 Å². The minimum absolute atomic E-state index is 0.0284. The lowest BCUT2D eigenvalue weighted by atomic mass is 10.0. The standard InChI is InChI=1S/C37H63N6O6P/c1-2-3-4-5-6-7-8-9-10-11-12-13-14-15-16-20-25-46-26-27-48-50(45,49-29-32-21-18-17-19-22-32)31-47-33(23-24-44)28-43-30-40-34-35(38)41-37(39)42-36(34)43/h17-19,21-22,30,33,44H,2-16,20,23-29,31H2,1H3,(H4,38,39,41,42). The molecular weight excluding hydrogens is 655 g/mol. The van der Waals surface area contributed by atoms with Gasteiger partial charge in [0.15, 0.2) is 11.5 Å². The number of benzene rings is 1. The average Bonchev–Trinajstić information content (AvgIpc) is 3.52. The van der Waals surface area contributed by atoms with Gasteiger partial charge in [0.2, 0.25) is 5.95 Å². The Balaban J connectivity index is 1.32. The third-order valence-corrected chi connectivity index (χ3v) is 10.3. The lowest BCUT2D eigenvalue weighted by molar-refractivity contribution is 0.0316. The number of nitrogens with two attached hydrogens (primary N) is 2. The molecule has 0 aliphatic heterocycles. The predicted molar refractivity (Wildman–Crippen MR) is 201 cm³/mol. The number of nitrogen functional groups attached to an aromatic ring is 2. The molecule has 2 aromatic heterocycles. The Labute approximate surface area is 299 Å². The molecule has 0 radical (unpaired) electrons. The highest BCUT2D eigenvalue weighted by Gasteiger charge is 2.28. The summed E-state index contributed by atoms with van der Waals surface area (Å²) >= 11 is 0. The van der Waals surface area contributed by atoms with Gasteiger partial charge < -0.3 is 39.7 Å². The van der Waals surface area contributed by atoms with Gasteiger partial charge in [-0.1, -0.05) is 134 Å². The third-order valence-electron chi connectivity index (χ3n) is 8.76. The molecule has 0 saturated heterocycles. The number of ether oxygens (including phenoxy) is 2. The van der Waals surface area contributed by atoms with E-state index in [-0.39, 0.29) is 50.9 Å². The molecule has 3 rings (SSSR count). The number of aromatic nitrogens is 4. The largest absolute Gasteiger partial charge is 0.396 e. The van der Waals surface area contributed by atoms with Gasteiger partial charge in [-0.2, -0.15) is 9.97 Å². The van der Waals surface area contributed by atoms with Gasteiger partial charge >= 0.3 is 7.60 Å². The van der Waals surface area contributed by atoms with Crippen LogP contribution in [0.4, 0.5) is 11.8 Å². The molecule has 0 amide bonds. The Morgan fingerprint density at radius 1 is 0.800 bits per heavy atom. The van der Waals surface area contributed by atoms with Gasteiger partial charge in [0.25, 0.3) is 0 Å². The fourth-order valence-corrected chi connectivity index (χ4v) is 7.17. The summed E-state index contributed by atoms with van der Waals surface area (Å²) in [5.74, 6) is 0.204. The molecular formula is C37H63N6O6P. The molecule has 3 aromatic rings. The molecule has 2 atom stereocenters. The quantitative estimate of drug-likeness (QED) is 0.0431. The molecule has 1 aromatic carbocycles. The zero-order valence-corrected chi connectivity index (χ0v) is 31.3. The summed E-state index contributed by atoms with van der Waals surface area (Å²) in [5.41, 5.74) is 13.5. The molecule has 2 heterocycles. The second kappa shape index (κ2) is 25.4. The van der Waals surface area contributed by atoms with Crippen LogP contribution in [0, 0.1) is 0 Å². The highest BCUT2D eigenvalue weighted by Crippen LogP contribution is 2.49. The predicted octanol–water partition coefficient (Wildman–Crippen LogP) is 8.42. The van der Waals surface area contributed by atoms with E-state index in [4.69, 9.17) is 30.0 Å². The van der Waals surface area contributed by atoms with Crippen LogP contribution < -0.4 is 11.5 Å². The van der Waals surface area contributed by atoms with Crippen molar-refractivity contribution in [1.82, 2.24) is 19.5 Å². The highest BCUT2D eigenvalue weighted by molar-refractivity contribution is 7.53. The maximum absolute atomic E-state index is 13.8. The van der Waals surface area contributed by atoms with Crippen LogP contribution in [0.5, 0.6) is 0 Å². The Morgan fingerprint density at radius 3 is 2.04 bits per heavy atom. The molecule has 0 aliphatic carbocycles. The van der Waals surface area contributed by atoms with Crippen molar-refractivity contribution in [2.24, 2.45) is 0 Å². The van der Waals surface area contributed by atoms with Crippen LogP contribution in [0.2, 0.25) is 0 Å². The van der Waals surface area contributed by atoms with Crippen LogP contribution in [0.3, 0.4) is 0 Å². The van der Waals surface area contributed by atoms with Gasteiger partial charge in [-0.05, 0) is 18.4 Å². The Kier molecular flexibility index (Phi) is 21.2. The number of hydrogen-bond acceptors (Lipinski definition) is 11. The zero-order valence-electron chi connectivity index (χ0n) is 30.4.